The lowest BCUT2D eigenvalue weighted by Gasteiger charge is -2.39. The van der Waals surface area contributed by atoms with Crippen LogP contribution in [0, 0.1) is 11.6 Å². The molecule has 2 aromatic rings. The lowest BCUT2D eigenvalue weighted by molar-refractivity contribution is -0.153. The van der Waals surface area contributed by atoms with Gasteiger partial charge in [-0.2, -0.15) is 18.2 Å². The summed E-state index contributed by atoms with van der Waals surface area (Å²) in [5.41, 5.74) is -0.459. The van der Waals surface area contributed by atoms with Crippen molar-refractivity contribution in [3.05, 3.63) is 51.8 Å². The molecule has 6 nitrogen and oxygen atoms in total. The number of fused-ring (bicyclic) bond motifs is 1. The van der Waals surface area contributed by atoms with Crippen LogP contribution in [0.3, 0.4) is 0 Å². The Balaban J connectivity index is 1.78. The summed E-state index contributed by atoms with van der Waals surface area (Å²) >= 11 is 0. The maximum atomic E-state index is 13.8. The molecule has 0 aliphatic carbocycles. The van der Waals surface area contributed by atoms with Crippen LogP contribution in [0.5, 0.6) is 0 Å². The summed E-state index contributed by atoms with van der Waals surface area (Å²) < 4.78 is 75.0. The van der Waals surface area contributed by atoms with E-state index < -0.39 is 36.0 Å². The minimum Gasteiger partial charge on any atom is -0.378 e. The number of halogens is 5. The first kappa shape index (κ1) is 20.6. The van der Waals surface area contributed by atoms with Gasteiger partial charge in [-0.1, -0.05) is 0 Å². The number of alkyl halides is 3. The smallest absolute Gasteiger partial charge is 0.378 e. The minimum atomic E-state index is -4.61. The van der Waals surface area contributed by atoms with E-state index in [1.807, 2.05) is 0 Å². The molecule has 0 amide bonds. The van der Waals surface area contributed by atoms with Gasteiger partial charge in [-0.25, -0.2) is 8.78 Å². The van der Waals surface area contributed by atoms with Crippen molar-refractivity contribution in [2.45, 2.75) is 31.7 Å². The van der Waals surface area contributed by atoms with Crippen molar-refractivity contribution < 1.29 is 26.7 Å². The number of ether oxygens (including phenoxy) is 1. The number of rotatable bonds is 3. The molecule has 0 N–H and O–H groups in total. The summed E-state index contributed by atoms with van der Waals surface area (Å²) in [7, 11) is 0. The largest absolute Gasteiger partial charge is 0.408 e. The molecule has 0 saturated carbocycles. The van der Waals surface area contributed by atoms with Crippen LogP contribution in [0.1, 0.15) is 12.0 Å². The average Bonchev–Trinajstić information content (AvgIpc) is 2.67. The van der Waals surface area contributed by atoms with Gasteiger partial charge in [-0.15, -0.1) is 0 Å². The Labute approximate surface area is 168 Å². The molecule has 2 aliphatic heterocycles. The Morgan fingerprint density at radius 1 is 1.03 bits per heavy atom. The molecule has 1 atom stereocenters. The molecule has 0 radical (unpaired) electrons. The number of hydrogen-bond acceptors (Lipinski definition) is 5. The second kappa shape index (κ2) is 7.86. The van der Waals surface area contributed by atoms with E-state index in [1.165, 1.54) is 10.6 Å². The van der Waals surface area contributed by atoms with Gasteiger partial charge in [0.15, 0.2) is 0 Å². The van der Waals surface area contributed by atoms with E-state index in [4.69, 9.17) is 4.74 Å². The van der Waals surface area contributed by atoms with Crippen LogP contribution in [-0.2, 0) is 17.8 Å². The molecular weight excluding hydrogens is 411 g/mol. The molecule has 1 fully saturated rings. The number of morpholine rings is 1. The fourth-order valence-corrected chi connectivity index (χ4v) is 3.83. The topological polar surface area (TPSA) is 50.6 Å². The van der Waals surface area contributed by atoms with Gasteiger partial charge in [0.05, 0.1) is 13.2 Å². The predicted octanol–water partition coefficient (Wildman–Crippen LogP) is 2.70. The van der Waals surface area contributed by atoms with Crippen LogP contribution >= 0.6 is 0 Å². The van der Waals surface area contributed by atoms with Gasteiger partial charge in [-0.05, 0) is 24.1 Å². The Kier molecular flexibility index (Phi) is 5.39. The summed E-state index contributed by atoms with van der Waals surface area (Å²) in [6.45, 7) is 1.14. The molecule has 162 valence electrons. The molecule has 4 rings (SSSR count). The van der Waals surface area contributed by atoms with Crippen molar-refractivity contribution in [3.63, 3.8) is 0 Å². The molecule has 1 saturated heterocycles. The van der Waals surface area contributed by atoms with Crippen molar-refractivity contribution in [2.24, 2.45) is 0 Å². The van der Waals surface area contributed by atoms with Crippen LogP contribution in [0.2, 0.25) is 0 Å². The highest BCUT2D eigenvalue weighted by Gasteiger charge is 2.47. The Bertz CT molecular complexity index is 968. The molecule has 1 aromatic heterocycles. The SMILES string of the molecule is O=c1cc(N2CCOCC2)nc2n1CC[C@@H](C(F)(F)F)N2Cc1cc(F)cc(F)c1. The molecule has 3 heterocycles. The van der Waals surface area contributed by atoms with Crippen LogP contribution in [0.15, 0.2) is 29.1 Å². The number of benzene rings is 1. The fraction of sp³-hybridized carbons (Fsp3) is 0.474. The molecule has 30 heavy (non-hydrogen) atoms. The summed E-state index contributed by atoms with van der Waals surface area (Å²) in [5, 5.41) is 0. The van der Waals surface area contributed by atoms with Gasteiger partial charge in [-0.3, -0.25) is 9.36 Å². The number of anilines is 2. The van der Waals surface area contributed by atoms with E-state index in [2.05, 4.69) is 4.98 Å². The van der Waals surface area contributed by atoms with Crippen LogP contribution < -0.4 is 15.4 Å². The molecule has 0 bridgehead atoms. The third-order valence-electron chi connectivity index (χ3n) is 5.22. The first-order chi connectivity index (χ1) is 14.2. The van der Waals surface area contributed by atoms with Gasteiger partial charge < -0.3 is 14.5 Å². The van der Waals surface area contributed by atoms with Crippen LogP contribution in [-0.4, -0.2) is 48.1 Å². The fourth-order valence-electron chi connectivity index (χ4n) is 3.83. The highest BCUT2D eigenvalue weighted by atomic mass is 19.4. The molecular formula is C19H19F5N4O2. The third kappa shape index (κ3) is 4.11. The van der Waals surface area contributed by atoms with Crippen molar-refractivity contribution in [1.82, 2.24) is 9.55 Å². The zero-order valence-electron chi connectivity index (χ0n) is 15.8. The van der Waals surface area contributed by atoms with Crippen molar-refractivity contribution >= 4 is 11.8 Å². The molecule has 0 spiro atoms. The highest BCUT2D eigenvalue weighted by Crippen LogP contribution is 2.35. The van der Waals surface area contributed by atoms with Crippen molar-refractivity contribution in [2.75, 3.05) is 36.1 Å². The number of hydrogen-bond donors (Lipinski definition) is 0. The first-order valence-electron chi connectivity index (χ1n) is 9.45. The van der Waals surface area contributed by atoms with Crippen molar-refractivity contribution in [3.8, 4) is 0 Å². The third-order valence-corrected chi connectivity index (χ3v) is 5.22. The highest BCUT2D eigenvalue weighted by molar-refractivity contribution is 5.47. The van der Waals surface area contributed by atoms with Gasteiger partial charge >= 0.3 is 6.18 Å². The maximum Gasteiger partial charge on any atom is 0.408 e. The quantitative estimate of drug-likeness (QED) is 0.701. The van der Waals surface area contributed by atoms with Gasteiger partial charge in [0, 0.05) is 38.3 Å². The monoisotopic (exact) mass is 430 g/mol. The molecule has 11 heteroatoms. The van der Waals surface area contributed by atoms with Gasteiger partial charge in [0.1, 0.15) is 23.5 Å². The number of nitrogens with zero attached hydrogens (tertiary/aromatic N) is 4. The summed E-state index contributed by atoms with van der Waals surface area (Å²) in [4.78, 5) is 19.7. The minimum absolute atomic E-state index is 0.0150. The van der Waals surface area contributed by atoms with Crippen molar-refractivity contribution in [1.29, 1.82) is 0 Å². The van der Waals surface area contributed by atoms with Crippen LogP contribution in [0.25, 0.3) is 0 Å². The summed E-state index contributed by atoms with van der Waals surface area (Å²) in [6, 6.07) is 1.95. The maximum absolute atomic E-state index is 13.8. The Morgan fingerprint density at radius 3 is 2.33 bits per heavy atom. The number of aromatic nitrogens is 2. The normalized spacial score (nSPS) is 19.7. The van der Waals surface area contributed by atoms with Gasteiger partial charge in [0.25, 0.3) is 5.56 Å². The van der Waals surface area contributed by atoms with E-state index >= 15 is 0 Å². The lowest BCUT2D eigenvalue weighted by Crippen LogP contribution is -2.52. The summed E-state index contributed by atoms with van der Waals surface area (Å²) in [5.74, 6) is -1.69. The van der Waals surface area contributed by atoms with E-state index in [0.29, 0.717) is 32.4 Å². The lowest BCUT2D eigenvalue weighted by atomic mass is 10.1. The standard InChI is InChI=1S/C19H19F5N4O2/c20-13-7-12(8-14(21)9-13)11-28-15(19(22,23)24)1-2-27-17(29)10-16(25-18(27)28)26-3-5-30-6-4-26/h7-10,15H,1-6,11H2/t15-/m0/s1. The predicted molar refractivity (Wildman–Crippen MR) is 98.5 cm³/mol. The van der Waals surface area contributed by atoms with Crippen LogP contribution in [0.4, 0.5) is 33.7 Å². The molecule has 0 unspecified atom stereocenters. The van der Waals surface area contributed by atoms with Gasteiger partial charge in [0.2, 0.25) is 5.95 Å². The van der Waals surface area contributed by atoms with E-state index in [9.17, 15) is 26.7 Å². The Hall–Kier alpha value is -2.69. The average molecular weight is 430 g/mol. The zero-order chi connectivity index (χ0) is 21.5. The second-order valence-corrected chi connectivity index (χ2v) is 7.26. The van der Waals surface area contributed by atoms with E-state index in [1.54, 1.807) is 4.90 Å². The molecule has 2 aliphatic rings. The van der Waals surface area contributed by atoms with E-state index in [-0.39, 0.29) is 30.3 Å². The Morgan fingerprint density at radius 2 is 1.70 bits per heavy atom. The zero-order valence-corrected chi connectivity index (χ0v) is 15.8. The van der Waals surface area contributed by atoms with E-state index in [0.717, 1.165) is 17.0 Å². The first-order valence-corrected chi connectivity index (χ1v) is 9.45. The second-order valence-electron chi connectivity index (χ2n) is 7.26. The summed E-state index contributed by atoms with van der Waals surface area (Å²) in [6.07, 6.45) is -4.98. The molecule has 1 aromatic carbocycles.